The highest BCUT2D eigenvalue weighted by atomic mass is 32.2. The number of nitro benzene ring substituents is 1. The molecule has 0 spiro atoms. The number of carboxylic acids is 1. The van der Waals surface area contributed by atoms with Crippen LogP contribution in [0.25, 0.3) is 0 Å². The number of carbonyl (C=O) groups excluding carboxylic acids is 1. The highest BCUT2D eigenvalue weighted by Crippen LogP contribution is 2.47. The second kappa shape index (κ2) is 8.23. The van der Waals surface area contributed by atoms with Crippen LogP contribution in [0.1, 0.15) is 18.1 Å². The van der Waals surface area contributed by atoms with Gasteiger partial charge < -0.3 is 10.0 Å². The van der Waals surface area contributed by atoms with Crippen molar-refractivity contribution in [2.24, 2.45) is 4.99 Å². The predicted molar refractivity (Wildman–Crippen MR) is 122 cm³/mol. The normalized spacial score (nSPS) is 21.2. The Labute approximate surface area is 188 Å². The fraction of sp³-hybridized carbons (Fsp3) is 0.261. The van der Waals surface area contributed by atoms with Gasteiger partial charge in [0, 0.05) is 25.0 Å². The monoisotopic (exact) mass is 451 g/mol. The molecule has 2 aliphatic rings. The van der Waals surface area contributed by atoms with Gasteiger partial charge in [-0.1, -0.05) is 60.8 Å². The van der Waals surface area contributed by atoms with Crippen LogP contribution in [-0.2, 0) is 22.4 Å². The smallest absolute Gasteiger partial charge is 0.334 e. The molecule has 0 saturated carbocycles. The summed E-state index contributed by atoms with van der Waals surface area (Å²) >= 11 is 1.41. The van der Waals surface area contributed by atoms with E-state index in [1.165, 1.54) is 40.9 Å². The number of non-ortho nitro benzene ring substituents is 1. The summed E-state index contributed by atoms with van der Waals surface area (Å²) in [6, 6.07) is 14.8. The number of hydrogen-bond donors (Lipinski definition) is 1. The molecule has 164 valence electrons. The van der Waals surface area contributed by atoms with E-state index < -0.39 is 27.8 Å². The SMILES string of the molecule is C=C(C)C(Cc1ccc([N+](=O)[O-])cc1)(C(=O)O)N1C(=O)C2N=C(Cc3ccccc3)SC21. The Morgan fingerprint density at radius 3 is 2.44 bits per heavy atom. The van der Waals surface area contributed by atoms with Gasteiger partial charge in [-0.3, -0.25) is 19.9 Å². The standard InChI is InChI=1S/C23H21N3O5S/c1-14(2)23(22(28)29,13-16-8-10-17(11-9-16)26(30)31)25-20(27)19-21(25)32-18(24-19)12-15-6-4-3-5-7-15/h3-11,19,21H,1,12-13H2,2H3,(H,28,29). The first-order valence-corrected chi connectivity index (χ1v) is 10.8. The zero-order chi connectivity index (χ0) is 23.0. The van der Waals surface area contributed by atoms with E-state index in [0.717, 1.165) is 10.6 Å². The number of aliphatic imine (C=N–C) groups is 1. The minimum absolute atomic E-state index is 0.0425. The molecule has 0 radical (unpaired) electrons. The fourth-order valence-corrected chi connectivity index (χ4v) is 5.51. The minimum atomic E-state index is -1.67. The molecule has 3 unspecified atom stereocenters. The molecule has 1 amide bonds. The molecule has 4 rings (SSSR count). The summed E-state index contributed by atoms with van der Waals surface area (Å²) in [6.45, 7) is 5.49. The van der Waals surface area contributed by atoms with E-state index in [-0.39, 0.29) is 18.0 Å². The average Bonchev–Trinajstić information content (AvgIpc) is 3.12. The number of carbonyl (C=O) groups is 2. The Morgan fingerprint density at radius 1 is 1.22 bits per heavy atom. The van der Waals surface area contributed by atoms with Gasteiger partial charge >= 0.3 is 5.97 Å². The van der Waals surface area contributed by atoms with Crippen molar-refractivity contribution >= 4 is 34.4 Å². The number of rotatable bonds is 8. The van der Waals surface area contributed by atoms with E-state index in [0.29, 0.717) is 17.6 Å². The third-order valence-electron chi connectivity index (χ3n) is 5.83. The summed E-state index contributed by atoms with van der Waals surface area (Å²) in [6.07, 6.45) is 0.536. The van der Waals surface area contributed by atoms with Gasteiger partial charge in [0.25, 0.3) is 11.6 Å². The van der Waals surface area contributed by atoms with Gasteiger partial charge in [0.1, 0.15) is 5.37 Å². The van der Waals surface area contributed by atoms with Crippen LogP contribution < -0.4 is 0 Å². The Kier molecular flexibility index (Phi) is 5.60. The summed E-state index contributed by atoms with van der Waals surface area (Å²) in [4.78, 5) is 42.0. The molecule has 3 atom stereocenters. The third kappa shape index (κ3) is 3.58. The summed E-state index contributed by atoms with van der Waals surface area (Å²) in [5, 5.41) is 21.6. The lowest BCUT2D eigenvalue weighted by atomic mass is 9.80. The van der Waals surface area contributed by atoms with Crippen molar-refractivity contribution < 1.29 is 19.6 Å². The summed E-state index contributed by atoms with van der Waals surface area (Å²) in [5.41, 5.74) is 0.182. The lowest BCUT2D eigenvalue weighted by Gasteiger charge is -2.52. The zero-order valence-electron chi connectivity index (χ0n) is 17.3. The zero-order valence-corrected chi connectivity index (χ0v) is 18.1. The van der Waals surface area contributed by atoms with Crippen LogP contribution in [0.15, 0.2) is 71.7 Å². The molecule has 0 bridgehead atoms. The van der Waals surface area contributed by atoms with Gasteiger partial charge in [-0.15, -0.1) is 0 Å². The first-order valence-electron chi connectivity index (χ1n) is 9.97. The van der Waals surface area contributed by atoms with Gasteiger partial charge in [0.05, 0.1) is 9.97 Å². The molecular weight excluding hydrogens is 430 g/mol. The molecule has 0 aromatic heterocycles. The number of fused-ring (bicyclic) bond motifs is 1. The number of hydrogen-bond acceptors (Lipinski definition) is 6. The second-order valence-electron chi connectivity index (χ2n) is 7.89. The van der Waals surface area contributed by atoms with Crippen molar-refractivity contribution in [2.75, 3.05) is 0 Å². The Bertz CT molecular complexity index is 1120. The third-order valence-corrected chi connectivity index (χ3v) is 7.06. The number of aliphatic carboxylic acids is 1. The number of nitro groups is 1. The van der Waals surface area contributed by atoms with E-state index in [2.05, 4.69) is 11.6 Å². The molecule has 32 heavy (non-hydrogen) atoms. The van der Waals surface area contributed by atoms with Crippen LogP contribution >= 0.6 is 11.8 Å². The van der Waals surface area contributed by atoms with Crippen LogP contribution in [0.5, 0.6) is 0 Å². The Hall–Kier alpha value is -3.46. The van der Waals surface area contributed by atoms with Crippen LogP contribution in [0.3, 0.4) is 0 Å². The van der Waals surface area contributed by atoms with Crippen LogP contribution in [0.2, 0.25) is 0 Å². The number of β-lactam (4-membered cyclic amide) rings is 1. The molecule has 2 aliphatic heterocycles. The van der Waals surface area contributed by atoms with Gasteiger partial charge in [0.15, 0.2) is 11.6 Å². The summed E-state index contributed by atoms with van der Waals surface area (Å²) in [7, 11) is 0. The maximum absolute atomic E-state index is 13.0. The summed E-state index contributed by atoms with van der Waals surface area (Å²) < 4.78 is 0. The van der Waals surface area contributed by atoms with Crippen molar-refractivity contribution in [1.29, 1.82) is 0 Å². The highest BCUT2D eigenvalue weighted by molar-refractivity contribution is 8.14. The van der Waals surface area contributed by atoms with Crippen molar-refractivity contribution in [2.45, 2.75) is 36.7 Å². The van der Waals surface area contributed by atoms with Crippen molar-refractivity contribution in [3.05, 3.63) is 88.0 Å². The van der Waals surface area contributed by atoms with Gasteiger partial charge in [0.2, 0.25) is 0 Å². The van der Waals surface area contributed by atoms with Crippen LogP contribution in [-0.4, -0.2) is 48.8 Å². The quantitative estimate of drug-likeness (QED) is 0.285. The number of thioether (sulfide) groups is 1. The molecule has 0 aliphatic carbocycles. The lowest BCUT2D eigenvalue weighted by Crippen LogP contribution is -2.73. The summed E-state index contributed by atoms with van der Waals surface area (Å²) in [5.74, 6) is -1.54. The van der Waals surface area contributed by atoms with Crippen molar-refractivity contribution in [3.63, 3.8) is 0 Å². The van der Waals surface area contributed by atoms with Crippen molar-refractivity contribution in [1.82, 2.24) is 4.90 Å². The Balaban J connectivity index is 1.61. The first-order chi connectivity index (χ1) is 15.2. The lowest BCUT2D eigenvalue weighted by molar-refractivity contribution is -0.384. The Morgan fingerprint density at radius 2 is 1.88 bits per heavy atom. The molecule has 1 fully saturated rings. The van der Waals surface area contributed by atoms with E-state index in [1.54, 1.807) is 6.92 Å². The molecule has 9 heteroatoms. The van der Waals surface area contributed by atoms with Gasteiger partial charge in [-0.2, -0.15) is 0 Å². The highest BCUT2D eigenvalue weighted by Gasteiger charge is 2.62. The van der Waals surface area contributed by atoms with Crippen molar-refractivity contribution in [3.8, 4) is 0 Å². The van der Waals surface area contributed by atoms with E-state index in [9.17, 15) is 24.8 Å². The van der Waals surface area contributed by atoms with Crippen LogP contribution in [0, 0.1) is 10.1 Å². The largest absolute Gasteiger partial charge is 0.479 e. The molecule has 1 saturated heterocycles. The second-order valence-corrected chi connectivity index (χ2v) is 9.08. The number of nitrogens with zero attached hydrogens (tertiary/aromatic N) is 3. The van der Waals surface area contributed by atoms with Crippen LogP contribution in [0.4, 0.5) is 5.69 Å². The van der Waals surface area contributed by atoms with E-state index in [1.807, 2.05) is 30.3 Å². The number of benzene rings is 2. The topological polar surface area (TPSA) is 113 Å². The van der Waals surface area contributed by atoms with E-state index in [4.69, 9.17) is 0 Å². The molecule has 8 nitrogen and oxygen atoms in total. The van der Waals surface area contributed by atoms with Gasteiger partial charge in [-0.25, -0.2) is 4.79 Å². The number of likely N-dealkylation sites (tertiary alicyclic amines) is 1. The maximum Gasteiger partial charge on any atom is 0.334 e. The maximum atomic E-state index is 13.0. The molecule has 2 heterocycles. The molecular formula is C23H21N3O5S. The van der Waals surface area contributed by atoms with E-state index >= 15 is 0 Å². The molecule has 2 aromatic carbocycles. The number of amides is 1. The fourth-order valence-electron chi connectivity index (χ4n) is 4.11. The predicted octanol–water partition coefficient (Wildman–Crippen LogP) is 3.46. The average molecular weight is 452 g/mol. The number of carboxylic acid groups (broad SMARTS) is 1. The minimum Gasteiger partial charge on any atom is -0.479 e. The molecule has 1 N–H and O–H groups in total. The first kappa shape index (κ1) is 21.8. The van der Waals surface area contributed by atoms with Gasteiger partial charge in [-0.05, 0) is 23.6 Å². The molecule has 2 aromatic rings.